The van der Waals surface area contributed by atoms with E-state index in [0.29, 0.717) is 5.73 Å². The van der Waals surface area contributed by atoms with Crippen LogP contribution in [0, 0.1) is 6.92 Å². The van der Waals surface area contributed by atoms with Crippen LogP contribution in [0.4, 0.5) is 0 Å². The quantitative estimate of drug-likeness (QED) is 0.411. The van der Waals surface area contributed by atoms with Crippen LogP contribution in [0.2, 0.25) is 0 Å². The second kappa shape index (κ2) is 10.3. The van der Waals surface area contributed by atoms with Gasteiger partial charge < -0.3 is 4.74 Å². The molecule has 0 rings (SSSR count). The summed E-state index contributed by atoms with van der Waals surface area (Å²) in [5.41, 5.74) is 0.482. The molecule has 1 unspecified atom stereocenters. The van der Waals surface area contributed by atoms with E-state index < -0.39 is 0 Å². The molecule has 0 aromatic carbocycles. The van der Waals surface area contributed by atoms with Crippen molar-refractivity contribution in [3.8, 4) is 0 Å². The summed E-state index contributed by atoms with van der Waals surface area (Å²) in [6.07, 6.45) is 9.03. The topological polar surface area (TPSA) is 9.23 Å². The first kappa shape index (κ1) is 13.2. The number of unbranched alkanes of at least 4 members (excludes halogenated alkanes) is 5. The minimum Gasteiger partial charge on any atom is -0.383 e. The molecular weight excluding hydrogens is 176 g/mol. The Bertz CT molecular complexity index is 96.1. The highest BCUT2D eigenvalue weighted by atomic mass is 28.1. The van der Waals surface area contributed by atoms with E-state index in [4.69, 9.17) is 4.74 Å². The monoisotopic (exact) mass is 201 g/mol. The molecule has 0 aliphatic carbocycles. The van der Waals surface area contributed by atoms with Crippen molar-refractivity contribution in [3.05, 3.63) is 6.92 Å². The van der Waals surface area contributed by atoms with E-state index in [9.17, 15) is 0 Å². The van der Waals surface area contributed by atoms with Gasteiger partial charge in [-0.1, -0.05) is 46.0 Å². The normalized spacial score (nSPS) is 13.4. The largest absolute Gasteiger partial charge is 0.383 e. The van der Waals surface area contributed by atoms with Crippen LogP contribution >= 0.6 is 0 Å². The lowest BCUT2D eigenvalue weighted by Crippen LogP contribution is -2.11. The Morgan fingerprint density at radius 3 is 2.38 bits per heavy atom. The van der Waals surface area contributed by atoms with Gasteiger partial charge in [0.15, 0.2) is 0 Å². The van der Waals surface area contributed by atoms with Crippen molar-refractivity contribution < 1.29 is 4.74 Å². The summed E-state index contributed by atoms with van der Waals surface area (Å²) in [6, 6.07) is 0. The summed E-state index contributed by atoms with van der Waals surface area (Å²) in [7, 11) is 1.13. The van der Waals surface area contributed by atoms with Gasteiger partial charge in [-0.2, -0.15) is 0 Å². The highest BCUT2D eigenvalue weighted by Crippen LogP contribution is 2.05. The molecule has 0 spiro atoms. The Labute approximate surface area is 86.7 Å². The van der Waals surface area contributed by atoms with Crippen molar-refractivity contribution in [2.75, 3.05) is 6.61 Å². The smallest absolute Gasteiger partial charge is 0.0465 e. The predicted octanol–water partition coefficient (Wildman–Crippen LogP) is 2.28. The number of hydrogen-bond acceptors (Lipinski definition) is 1. The van der Waals surface area contributed by atoms with Gasteiger partial charge in [-0.25, -0.2) is 0 Å². The van der Waals surface area contributed by atoms with Crippen LogP contribution in [-0.2, 0) is 4.74 Å². The number of ether oxygens (including phenoxy) is 1. The zero-order valence-corrected chi connectivity index (χ0v) is 11.3. The summed E-state index contributed by atoms with van der Waals surface area (Å²) in [6.45, 7) is 7.04. The van der Waals surface area contributed by atoms with E-state index in [0.717, 1.165) is 23.3 Å². The van der Waals surface area contributed by atoms with E-state index >= 15 is 0 Å². The molecule has 0 bridgehead atoms. The summed E-state index contributed by atoms with van der Waals surface area (Å²) in [5, 5.41) is 0. The molecule has 2 heteroatoms. The molecule has 0 amide bonds. The average molecular weight is 201 g/mol. The predicted molar refractivity (Wildman–Crippen MR) is 63.0 cm³/mol. The van der Waals surface area contributed by atoms with Crippen molar-refractivity contribution in [2.24, 2.45) is 0 Å². The lowest BCUT2D eigenvalue weighted by Gasteiger charge is -2.09. The van der Waals surface area contributed by atoms with Gasteiger partial charge >= 0.3 is 0 Å². The summed E-state index contributed by atoms with van der Waals surface area (Å²) in [4.78, 5) is 0. The van der Waals surface area contributed by atoms with Gasteiger partial charge in [0.05, 0.1) is 0 Å². The van der Waals surface area contributed by atoms with Crippen LogP contribution in [0.5, 0.6) is 0 Å². The van der Waals surface area contributed by atoms with E-state index in [2.05, 4.69) is 13.8 Å². The lowest BCUT2D eigenvalue weighted by atomic mass is 10.1. The Balaban J connectivity index is 2.91. The molecule has 0 saturated heterocycles. The minimum absolute atomic E-state index is 0.482. The fourth-order valence-corrected chi connectivity index (χ4v) is 1.49. The van der Waals surface area contributed by atoms with E-state index in [1.807, 2.05) is 0 Å². The molecule has 79 valence electrons. The van der Waals surface area contributed by atoms with Gasteiger partial charge in [0.2, 0.25) is 0 Å². The maximum atomic E-state index is 5.60. The number of rotatable bonds is 9. The lowest BCUT2D eigenvalue weighted by molar-refractivity contribution is 0.105. The molecule has 0 aliphatic heterocycles. The molecular formula is C11H25OSi. The van der Waals surface area contributed by atoms with Gasteiger partial charge in [0.25, 0.3) is 0 Å². The zero-order valence-electron chi connectivity index (χ0n) is 9.35. The van der Waals surface area contributed by atoms with Crippen LogP contribution < -0.4 is 0 Å². The second-order valence-corrected chi connectivity index (χ2v) is 5.03. The summed E-state index contributed by atoms with van der Waals surface area (Å²) >= 11 is 0. The molecule has 1 atom stereocenters. The third kappa shape index (κ3) is 10.1. The van der Waals surface area contributed by atoms with Gasteiger partial charge in [-0.05, 0) is 12.8 Å². The highest BCUT2D eigenvalue weighted by molar-refractivity contribution is 6.11. The molecule has 0 heterocycles. The molecule has 0 aliphatic rings. The standard InChI is InChI=1S/C11H25OSi/c1-3-5-6-7-8-9-10-12-11(13)4-2/h11H,2-10H2,1,13H3. The molecule has 0 aromatic heterocycles. The van der Waals surface area contributed by atoms with Crippen LogP contribution in [0.15, 0.2) is 0 Å². The van der Waals surface area contributed by atoms with Gasteiger partial charge in [0, 0.05) is 22.6 Å². The average Bonchev–Trinajstić information content (AvgIpc) is 2.16. The first-order valence-corrected chi connectivity index (χ1v) is 6.87. The van der Waals surface area contributed by atoms with Crippen LogP contribution in [0.1, 0.15) is 51.9 Å². The van der Waals surface area contributed by atoms with Crippen molar-refractivity contribution in [1.82, 2.24) is 0 Å². The Morgan fingerprint density at radius 1 is 1.15 bits per heavy atom. The Hall–Kier alpha value is 0.177. The SMILES string of the molecule is [CH2]CC([SiH3])OCCCCCCCC. The Morgan fingerprint density at radius 2 is 1.77 bits per heavy atom. The van der Waals surface area contributed by atoms with Crippen molar-refractivity contribution in [3.63, 3.8) is 0 Å². The molecule has 13 heavy (non-hydrogen) atoms. The van der Waals surface area contributed by atoms with Gasteiger partial charge in [-0.3, -0.25) is 0 Å². The molecule has 0 aromatic rings. The van der Waals surface area contributed by atoms with Crippen molar-refractivity contribution >= 4 is 10.2 Å². The third-order valence-corrected chi connectivity index (χ3v) is 3.22. The van der Waals surface area contributed by atoms with Crippen molar-refractivity contribution in [2.45, 2.75) is 57.6 Å². The maximum absolute atomic E-state index is 5.60. The fourth-order valence-electron chi connectivity index (χ4n) is 1.25. The first-order valence-electron chi connectivity index (χ1n) is 5.72. The number of hydrogen-bond donors (Lipinski definition) is 0. The molecule has 0 N–H and O–H groups in total. The second-order valence-electron chi connectivity index (χ2n) is 3.74. The summed E-state index contributed by atoms with van der Waals surface area (Å²) < 4.78 is 5.60. The fraction of sp³-hybridized carbons (Fsp3) is 0.909. The third-order valence-electron chi connectivity index (χ3n) is 2.31. The van der Waals surface area contributed by atoms with Crippen LogP contribution in [-0.4, -0.2) is 22.6 Å². The minimum atomic E-state index is 0.482. The molecule has 0 fully saturated rings. The van der Waals surface area contributed by atoms with Crippen LogP contribution in [0.25, 0.3) is 0 Å². The maximum Gasteiger partial charge on any atom is 0.0465 e. The zero-order chi connectivity index (χ0) is 9.94. The first-order chi connectivity index (χ1) is 6.31. The molecule has 1 radical (unpaired) electrons. The molecule has 1 nitrogen and oxygen atoms in total. The van der Waals surface area contributed by atoms with E-state index in [1.165, 1.54) is 38.5 Å². The van der Waals surface area contributed by atoms with Gasteiger partial charge in [0.1, 0.15) is 0 Å². The Kier molecular flexibility index (Phi) is 10.4. The molecule has 0 saturated carbocycles. The van der Waals surface area contributed by atoms with Gasteiger partial charge in [-0.15, -0.1) is 0 Å². The summed E-state index contributed by atoms with van der Waals surface area (Å²) in [5.74, 6) is 0. The van der Waals surface area contributed by atoms with E-state index in [1.54, 1.807) is 0 Å². The highest BCUT2D eigenvalue weighted by Gasteiger charge is 1.96. The van der Waals surface area contributed by atoms with E-state index in [-0.39, 0.29) is 0 Å². The van der Waals surface area contributed by atoms with Crippen LogP contribution in [0.3, 0.4) is 0 Å². The van der Waals surface area contributed by atoms with Crippen molar-refractivity contribution in [1.29, 1.82) is 0 Å².